The summed E-state index contributed by atoms with van der Waals surface area (Å²) in [7, 11) is 0. The molecule has 1 N–H and O–H groups in total. The first kappa shape index (κ1) is 9.55. The normalized spacial score (nSPS) is 31.3. The zero-order valence-corrected chi connectivity index (χ0v) is 8.76. The number of anilines is 1. The Morgan fingerprint density at radius 1 is 1.38 bits per heavy atom. The van der Waals surface area contributed by atoms with Gasteiger partial charge in [0.1, 0.15) is 11.9 Å². The van der Waals surface area contributed by atoms with Crippen LogP contribution in [0.25, 0.3) is 0 Å². The van der Waals surface area contributed by atoms with Crippen LogP contribution in [0.5, 0.6) is 0 Å². The van der Waals surface area contributed by atoms with E-state index in [4.69, 9.17) is 10.00 Å². The molecule has 1 aromatic rings. The van der Waals surface area contributed by atoms with Gasteiger partial charge in [-0.1, -0.05) is 0 Å². The lowest BCUT2D eigenvalue weighted by Crippen LogP contribution is -2.30. The minimum Gasteiger partial charge on any atom is -0.373 e. The van der Waals surface area contributed by atoms with Crippen LogP contribution in [0.4, 0.5) is 5.82 Å². The highest BCUT2D eigenvalue weighted by Gasteiger charge is 2.40. The summed E-state index contributed by atoms with van der Waals surface area (Å²) in [5.41, 5.74) is 0.342. The first-order valence-corrected chi connectivity index (χ1v) is 5.49. The van der Waals surface area contributed by atoms with Gasteiger partial charge in [0.05, 0.1) is 30.6 Å². The van der Waals surface area contributed by atoms with E-state index in [0.29, 0.717) is 23.9 Å². The van der Waals surface area contributed by atoms with Gasteiger partial charge in [0.15, 0.2) is 5.69 Å². The van der Waals surface area contributed by atoms with E-state index in [9.17, 15) is 0 Å². The van der Waals surface area contributed by atoms with Gasteiger partial charge in [-0.05, 0) is 19.3 Å². The third-order valence-corrected chi connectivity index (χ3v) is 3.21. The summed E-state index contributed by atoms with van der Waals surface area (Å²) in [5.74, 6) is 0.722. The average molecular weight is 216 g/mol. The number of nitrogens with one attached hydrogen (secondary N) is 1. The van der Waals surface area contributed by atoms with E-state index in [1.54, 1.807) is 6.20 Å². The SMILES string of the molecule is N#Cc1cnc(NC2CC3CCC2O3)cn1. The number of aromatic nitrogens is 2. The summed E-state index contributed by atoms with van der Waals surface area (Å²) in [6, 6.07) is 2.30. The molecule has 82 valence electrons. The lowest BCUT2D eigenvalue weighted by atomic mass is 9.95. The van der Waals surface area contributed by atoms with Crippen LogP contribution in [0.3, 0.4) is 0 Å². The first-order chi connectivity index (χ1) is 7.85. The molecule has 0 aromatic carbocycles. The molecule has 2 bridgehead atoms. The number of fused-ring (bicyclic) bond motifs is 2. The Bertz CT molecular complexity index is 425. The van der Waals surface area contributed by atoms with Crippen molar-refractivity contribution in [2.24, 2.45) is 0 Å². The van der Waals surface area contributed by atoms with Crippen molar-refractivity contribution in [3.8, 4) is 6.07 Å². The highest BCUT2D eigenvalue weighted by Crippen LogP contribution is 2.35. The molecule has 5 nitrogen and oxygen atoms in total. The predicted octanol–water partition coefficient (Wildman–Crippen LogP) is 1.08. The lowest BCUT2D eigenvalue weighted by molar-refractivity contribution is 0.102. The minimum atomic E-state index is 0.322. The minimum absolute atomic E-state index is 0.322. The fourth-order valence-electron chi connectivity index (χ4n) is 2.44. The largest absolute Gasteiger partial charge is 0.373 e. The van der Waals surface area contributed by atoms with Gasteiger partial charge in [0, 0.05) is 0 Å². The molecule has 3 unspecified atom stereocenters. The van der Waals surface area contributed by atoms with E-state index < -0.39 is 0 Å². The third kappa shape index (κ3) is 1.61. The Balaban J connectivity index is 1.68. The maximum Gasteiger partial charge on any atom is 0.158 e. The van der Waals surface area contributed by atoms with Crippen LogP contribution < -0.4 is 5.32 Å². The summed E-state index contributed by atoms with van der Waals surface area (Å²) in [5, 5.41) is 11.9. The second-order valence-corrected chi connectivity index (χ2v) is 4.26. The zero-order chi connectivity index (χ0) is 11.0. The molecule has 0 spiro atoms. The van der Waals surface area contributed by atoms with Crippen molar-refractivity contribution in [3.05, 3.63) is 18.1 Å². The quantitative estimate of drug-likeness (QED) is 0.801. The maximum absolute atomic E-state index is 8.61. The molecule has 3 heterocycles. The molecule has 0 saturated carbocycles. The molecule has 2 aliphatic rings. The standard InChI is InChI=1S/C11H12N4O/c12-4-7-5-14-11(6-13-7)15-9-3-8-1-2-10(9)16-8/h5-6,8-10H,1-3H2,(H,14,15). The number of rotatable bonds is 2. The molecule has 3 rings (SSSR count). The second kappa shape index (κ2) is 3.72. The van der Waals surface area contributed by atoms with Crippen LogP contribution in [-0.4, -0.2) is 28.2 Å². The van der Waals surface area contributed by atoms with Gasteiger partial charge in [0.25, 0.3) is 0 Å². The Kier molecular flexibility index (Phi) is 2.22. The molecule has 0 radical (unpaired) electrons. The summed E-state index contributed by atoms with van der Waals surface area (Å²) < 4.78 is 5.74. The average Bonchev–Trinajstić information content (AvgIpc) is 2.92. The highest BCUT2D eigenvalue weighted by molar-refractivity contribution is 5.35. The smallest absolute Gasteiger partial charge is 0.158 e. The summed E-state index contributed by atoms with van der Waals surface area (Å²) in [6.07, 6.45) is 7.19. The van der Waals surface area contributed by atoms with Crippen LogP contribution in [0.1, 0.15) is 25.0 Å². The van der Waals surface area contributed by atoms with Gasteiger partial charge in [-0.15, -0.1) is 0 Å². The van der Waals surface area contributed by atoms with E-state index >= 15 is 0 Å². The first-order valence-electron chi connectivity index (χ1n) is 5.49. The summed E-state index contributed by atoms with van der Waals surface area (Å²) >= 11 is 0. The van der Waals surface area contributed by atoms with E-state index in [-0.39, 0.29) is 0 Å². The molecule has 5 heteroatoms. The van der Waals surface area contributed by atoms with E-state index in [1.807, 2.05) is 6.07 Å². The van der Waals surface area contributed by atoms with Crippen LogP contribution in [-0.2, 0) is 4.74 Å². The molecule has 1 aromatic heterocycles. The summed E-state index contributed by atoms with van der Waals surface area (Å²) in [6.45, 7) is 0. The Labute approximate surface area is 93.5 Å². The fourth-order valence-corrected chi connectivity index (χ4v) is 2.44. The number of hydrogen-bond acceptors (Lipinski definition) is 5. The van der Waals surface area contributed by atoms with Crippen LogP contribution in [0.2, 0.25) is 0 Å². The van der Waals surface area contributed by atoms with E-state index in [1.165, 1.54) is 12.6 Å². The van der Waals surface area contributed by atoms with Crippen LogP contribution >= 0.6 is 0 Å². The van der Waals surface area contributed by atoms with Gasteiger partial charge >= 0.3 is 0 Å². The van der Waals surface area contributed by atoms with Gasteiger partial charge in [-0.25, -0.2) is 9.97 Å². The van der Waals surface area contributed by atoms with Gasteiger partial charge in [0.2, 0.25) is 0 Å². The zero-order valence-electron chi connectivity index (χ0n) is 8.76. The summed E-state index contributed by atoms with van der Waals surface area (Å²) in [4.78, 5) is 8.12. The molecule has 16 heavy (non-hydrogen) atoms. The third-order valence-electron chi connectivity index (χ3n) is 3.21. The number of nitrogens with zero attached hydrogens (tertiary/aromatic N) is 3. The van der Waals surface area contributed by atoms with Crippen molar-refractivity contribution in [1.29, 1.82) is 5.26 Å². The molecule has 2 saturated heterocycles. The monoisotopic (exact) mass is 216 g/mol. The van der Waals surface area contributed by atoms with Crippen molar-refractivity contribution < 1.29 is 4.74 Å². The van der Waals surface area contributed by atoms with Crippen molar-refractivity contribution >= 4 is 5.82 Å². The lowest BCUT2D eigenvalue weighted by Gasteiger charge is -2.20. The van der Waals surface area contributed by atoms with Crippen molar-refractivity contribution in [2.75, 3.05) is 5.32 Å². The highest BCUT2D eigenvalue weighted by atomic mass is 16.5. The van der Waals surface area contributed by atoms with E-state index in [2.05, 4.69) is 15.3 Å². The van der Waals surface area contributed by atoms with Crippen molar-refractivity contribution in [3.63, 3.8) is 0 Å². The van der Waals surface area contributed by atoms with Gasteiger partial charge in [-0.2, -0.15) is 5.26 Å². The molecular weight excluding hydrogens is 204 g/mol. The second-order valence-electron chi connectivity index (χ2n) is 4.26. The molecule has 0 amide bonds. The van der Waals surface area contributed by atoms with Crippen molar-refractivity contribution in [2.45, 2.75) is 37.5 Å². The Morgan fingerprint density at radius 3 is 2.88 bits per heavy atom. The Morgan fingerprint density at radius 2 is 2.31 bits per heavy atom. The molecular formula is C11H12N4O. The number of nitriles is 1. The van der Waals surface area contributed by atoms with E-state index in [0.717, 1.165) is 18.7 Å². The van der Waals surface area contributed by atoms with Crippen molar-refractivity contribution in [1.82, 2.24) is 9.97 Å². The molecule has 0 aliphatic carbocycles. The van der Waals surface area contributed by atoms with Gasteiger partial charge < -0.3 is 10.1 Å². The van der Waals surface area contributed by atoms with Crippen LogP contribution in [0, 0.1) is 11.3 Å². The predicted molar refractivity (Wildman–Crippen MR) is 56.7 cm³/mol. The molecule has 2 aliphatic heterocycles. The van der Waals surface area contributed by atoms with Gasteiger partial charge in [-0.3, -0.25) is 0 Å². The van der Waals surface area contributed by atoms with Crippen LogP contribution in [0.15, 0.2) is 12.4 Å². The molecule has 2 fully saturated rings. The topological polar surface area (TPSA) is 70.8 Å². The molecule has 3 atom stereocenters. The maximum atomic E-state index is 8.61. The Hall–Kier alpha value is -1.67. The number of hydrogen-bond donors (Lipinski definition) is 1. The fraction of sp³-hybridized carbons (Fsp3) is 0.545. The number of ether oxygens (including phenoxy) is 1.